The first-order valence-corrected chi connectivity index (χ1v) is 37.7. The van der Waals surface area contributed by atoms with Gasteiger partial charge in [0.05, 0.1) is 32.0 Å². The molecule has 1 fully saturated rings. The van der Waals surface area contributed by atoms with Gasteiger partial charge in [-0.15, -0.1) is 0 Å². The fraction of sp³-hybridized carbons (Fsp3) is 0.895. The van der Waals surface area contributed by atoms with Crippen LogP contribution in [0.2, 0.25) is 0 Å². The van der Waals surface area contributed by atoms with Gasteiger partial charge in [0.1, 0.15) is 24.4 Å². The second-order valence-electron chi connectivity index (χ2n) is 26.4. The SMILES string of the molecule is C/C=C/CC/C=C/CC/C=C/C(O)C(COC1OC(CO)C(O)C(O)C1O)NC(=O)CCCCCCCCCCCCCCCCCCCCCCCCCCCCCCCCCCCCCCCCCOC(=O)CCCCCCCCCCCCC. The van der Waals surface area contributed by atoms with Crippen molar-refractivity contribution in [1.29, 1.82) is 0 Å². The molecule has 1 heterocycles. The van der Waals surface area contributed by atoms with Gasteiger partial charge in [0.15, 0.2) is 6.29 Å². The number of amides is 1. The van der Waals surface area contributed by atoms with E-state index in [1.165, 1.54) is 289 Å². The quantitative estimate of drug-likeness (QED) is 0.0195. The van der Waals surface area contributed by atoms with Gasteiger partial charge < -0.3 is 45.1 Å². The van der Waals surface area contributed by atoms with Gasteiger partial charge in [0, 0.05) is 12.8 Å². The first-order valence-electron chi connectivity index (χ1n) is 37.7. The van der Waals surface area contributed by atoms with E-state index in [1.807, 2.05) is 19.1 Å². The molecule has 1 aliphatic heterocycles. The molecular formula is C76H143NO10. The Labute approximate surface area is 536 Å². The highest BCUT2D eigenvalue weighted by Crippen LogP contribution is 2.24. The van der Waals surface area contributed by atoms with Crippen LogP contribution < -0.4 is 5.32 Å². The number of carbonyl (C=O) groups is 2. The third kappa shape index (κ3) is 54.2. The van der Waals surface area contributed by atoms with E-state index in [9.17, 15) is 35.1 Å². The summed E-state index contributed by atoms with van der Waals surface area (Å²) in [5.41, 5.74) is 0. The first-order chi connectivity index (χ1) is 42.7. The minimum Gasteiger partial charge on any atom is -0.466 e. The van der Waals surface area contributed by atoms with Crippen molar-refractivity contribution in [1.82, 2.24) is 5.32 Å². The Morgan fingerprint density at radius 3 is 1.14 bits per heavy atom. The lowest BCUT2D eigenvalue weighted by molar-refractivity contribution is -0.302. The summed E-state index contributed by atoms with van der Waals surface area (Å²) in [6.07, 6.45) is 75.1. The van der Waals surface area contributed by atoms with Crippen molar-refractivity contribution in [3.8, 4) is 0 Å². The number of hydrogen-bond donors (Lipinski definition) is 6. The van der Waals surface area contributed by atoms with E-state index in [2.05, 4.69) is 30.5 Å². The molecule has 87 heavy (non-hydrogen) atoms. The molecule has 0 radical (unpaired) electrons. The highest BCUT2D eigenvalue weighted by atomic mass is 16.7. The van der Waals surface area contributed by atoms with Gasteiger partial charge in [-0.05, 0) is 51.9 Å². The van der Waals surface area contributed by atoms with Gasteiger partial charge in [-0.25, -0.2) is 0 Å². The third-order valence-electron chi connectivity index (χ3n) is 18.1. The molecule has 0 aromatic heterocycles. The zero-order valence-electron chi connectivity index (χ0n) is 57.0. The van der Waals surface area contributed by atoms with Crippen LogP contribution in [-0.4, -0.2) is 100 Å². The smallest absolute Gasteiger partial charge is 0.305 e. The predicted molar refractivity (Wildman–Crippen MR) is 366 cm³/mol. The first kappa shape index (κ1) is 82.9. The van der Waals surface area contributed by atoms with E-state index in [0.29, 0.717) is 19.4 Å². The van der Waals surface area contributed by atoms with Crippen LogP contribution in [0.1, 0.15) is 373 Å². The van der Waals surface area contributed by atoms with Crippen LogP contribution in [0.5, 0.6) is 0 Å². The van der Waals surface area contributed by atoms with Crippen molar-refractivity contribution >= 4 is 11.9 Å². The molecular weight excluding hydrogens is 1090 g/mol. The van der Waals surface area contributed by atoms with Crippen molar-refractivity contribution in [2.75, 3.05) is 19.8 Å². The normalized spacial score (nSPS) is 18.0. The number of ether oxygens (including phenoxy) is 3. The molecule has 0 aliphatic carbocycles. The lowest BCUT2D eigenvalue weighted by atomic mass is 9.99. The van der Waals surface area contributed by atoms with Crippen LogP contribution in [0.4, 0.5) is 0 Å². The largest absolute Gasteiger partial charge is 0.466 e. The monoisotopic (exact) mass is 1230 g/mol. The molecule has 6 N–H and O–H groups in total. The summed E-state index contributed by atoms with van der Waals surface area (Å²) in [4.78, 5) is 25.0. The Hall–Kier alpha value is -2.12. The Kier molecular flexibility index (Phi) is 62.3. The highest BCUT2D eigenvalue weighted by Gasteiger charge is 2.44. The molecule has 7 atom stereocenters. The maximum Gasteiger partial charge on any atom is 0.305 e. The number of aliphatic hydroxyl groups is 5. The van der Waals surface area contributed by atoms with E-state index in [-0.39, 0.29) is 18.5 Å². The Morgan fingerprint density at radius 1 is 0.437 bits per heavy atom. The minimum absolute atomic E-state index is 0.0181. The molecule has 0 aromatic rings. The third-order valence-corrected chi connectivity index (χ3v) is 18.1. The highest BCUT2D eigenvalue weighted by molar-refractivity contribution is 5.76. The number of carbonyl (C=O) groups excluding carboxylic acids is 2. The van der Waals surface area contributed by atoms with Gasteiger partial charge in [0.2, 0.25) is 5.91 Å². The van der Waals surface area contributed by atoms with Crippen LogP contribution in [0.15, 0.2) is 36.5 Å². The van der Waals surface area contributed by atoms with E-state index in [4.69, 9.17) is 14.2 Å². The number of rotatable bonds is 67. The molecule has 11 heteroatoms. The molecule has 0 saturated carbocycles. The summed E-state index contributed by atoms with van der Waals surface area (Å²) < 4.78 is 16.7. The number of unbranched alkanes of at least 4 members (excludes halogenated alkanes) is 50. The average Bonchev–Trinajstić information content (AvgIpc) is 2.97. The number of esters is 1. The fourth-order valence-corrected chi connectivity index (χ4v) is 12.2. The summed E-state index contributed by atoms with van der Waals surface area (Å²) in [5.74, 6) is -0.174. The molecule has 1 rings (SSSR count). The summed E-state index contributed by atoms with van der Waals surface area (Å²) in [6.45, 7) is 4.13. The van der Waals surface area contributed by atoms with Crippen LogP contribution in [0, 0.1) is 0 Å². The second kappa shape index (κ2) is 65.4. The molecule has 1 saturated heterocycles. The average molecular weight is 1230 g/mol. The Bertz CT molecular complexity index is 1540. The van der Waals surface area contributed by atoms with Crippen molar-refractivity contribution in [2.24, 2.45) is 0 Å². The number of hydrogen-bond acceptors (Lipinski definition) is 10. The zero-order chi connectivity index (χ0) is 63.0. The van der Waals surface area contributed by atoms with Gasteiger partial charge in [-0.2, -0.15) is 0 Å². The zero-order valence-corrected chi connectivity index (χ0v) is 57.0. The Balaban J connectivity index is 1.85. The fourth-order valence-electron chi connectivity index (χ4n) is 12.2. The lowest BCUT2D eigenvalue weighted by Crippen LogP contribution is -2.60. The van der Waals surface area contributed by atoms with Gasteiger partial charge in [0.25, 0.3) is 0 Å². The lowest BCUT2D eigenvalue weighted by Gasteiger charge is -2.40. The molecule has 7 unspecified atom stereocenters. The second-order valence-corrected chi connectivity index (χ2v) is 26.4. The van der Waals surface area contributed by atoms with Crippen molar-refractivity contribution < 1.29 is 49.3 Å². The summed E-state index contributed by atoms with van der Waals surface area (Å²) in [7, 11) is 0. The standard InChI is InChI=1S/C76H143NO10/c1-3-5-7-9-11-13-43-48-52-56-60-64-72(81)85-65-61-57-53-49-45-42-40-38-36-34-32-30-28-26-24-22-20-18-16-14-15-17-19-21-23-25-27-29-31-33-35-37-39-41-44-47-51-55-59-63-71(80)77-68(69(79)62-58-54-50-46-12-10-8-6-4-2)67-86-76-75(84)74(83)73(82)70(66-78)87-76/h4,6,12,46,58,62,68-70,73-76,78-79,82-84H,3,5,7-11,13-45,47-57,59-61,63-67H2,1-2H3,(H,77,80)/b6-4+,46-12+,62-58+. The summed E-state index contributed by atoms with van der Waals surface area (Å²) >= 11 is 0. The topological polar surface area (TPSA) is 175 Å². The summed E-state index contributed by atoms with van der Waals surface area (Å²) in [5, 5.41) is 54.3. The maximum atomic E-state index is 13.0. The van der Waals surface area contributed by atoms with Gasteiger partial charge in [-0.1, -0.05) is 345 Å². The van der Waals surface area contributed by atoms with Gasteiger partial charge in [-0.3, -0.25) is 9.59 Å². The molecule has 1 aliphatic rings. The number of aliphatic hydroxyl groups excluding tert-OH is 5. The van der Waals surface area contributed by atoms with Crippen LogP contribution in [0.25, 0.3) is 0 Å². The van der Waals surface area contributed by atoms with Crippen molar-refractivity contribution in [3.63, 3.8) is 0 Å². The van der Waals surface area contributed by atoms with Crippen LogP contribution >= 0.6 is 0 Å². The molecule has 0 aromatic carbocycles. The van der Waals surface area contributed by atoms with E-state index in [1.54, 1.807) is 6.08 Å². The van der Waals surface area contributed by atoms with Crippen LogP contribution in [0.3, 0.4) is 0 Å². The maximum absolute atomic E-state index is 13.0. The summed E-state index contributed by atoms with van der Waals surface area (Å²) in [6, 6.07) is -0.828. The molecule has 0 bridgehead atoms. The molecule has 1 amide bonds. The number of allylic oxidation sites excluding steroid dienone is 5. The van der Waals surface area contributed by atoms with Crippen molar-refractivity contribution in [3.05, 3.63) is 36.5 Å². The number of nitrogens with one attached hydrogen (secondary N) is 1. The molecule has 512 valence electrons. The predicted octanol–water partition coefficient (Wildman–Crippen LogP) is 19.7. The molecule has 0 spiro atoms. The molecule has 11 nitrogen and oxygen atoms in total. The van der Waals surface area contributed by atoms with E-state index in [0.717, 1.165) is 57.8 Å². The van der Waals surface area contributed by atoms with Gasteiger partial charge >= 0.3 is 5.97 Å². The van der Waals surface area contributed by atoms with E-state index < -0.39 is 49.5 Å². The van der Waals surface area contributed by atoms with Crippen LogP contribution in [-0.2, 0) is 23.8 Å². The minimum atomic E-state index is -1.58. The van der Waals surface area contributed by atoms with E-state index >= 15 is 0 Å². The van der Waals surface area contributed by atoms with Crippen molar-refractivity contribution in [2.45, 2.75) is 416 Å². The Morgan fingerprint density at radius 2 is 0.770 bits per heavy atom.